The molecule has 0 saturated heterocycles. The Kier molecular flexibility index (Phi) is 4.69. The highest BCUT2D eigenvalue weighted by atomic mass is 16.5. The first-order valence-electron chi connectivity index (χ1n) is 5.18. The lowest BCUT2D eigenvalue weighted by Gasteiger charge is -2.09. The Labute approximate surface area is 105 Å². The summed E-state index contributed by atoms with van der Waals surface area (Å²) in [6, 6.07) is 8.21. The van der Waals surface area contributed by atoms with E-state index in [1.165, 1.54) is 14.2 Å². The molecule has 0 aromatic heterocycles. The molecule has 0 spiro atoms. The normalized spacial score (nSPS) is 10.9. The van der Waals surface area contributed by atoms with Gasteiger partial charge in [-0.2, -0.15) is 5.26 Å². The van der Waals surface area contributed by atoms with Crippen molar-refractivity contribution in [3.05, 3.63) is 24.3 Å². The summed E-state index contributed by atoms with van der Waals surface area (Å²) in [6.07, 6.45) is 0. The molecule has 1 aromatic carbocycles. The van der Waals surface area contributed by atoms with Crippen molar-refractivity contribution in [2.24, 2.45) is 5.92 Å². The van der Waals surface area contributed by atoms with E-state index in [0.717, 1.165) is 0 Å². The summed E-state index contributed by atoms with van der Waals surface area (Å²) >= 11 is 0. The van der Waals surface area contributed by atoms with Crippen LogP contribution in [-0.2, 0) is 9.59 Å². The first-order chi connectivity index (χ1) is 8.62. The van der Waals surface area contributed by atoms with E-state index in [2.05, 4.69) is 10.6 Å². The Morgan fingerprint density at radius 3 is 2.33 bits per heavy atom. The average molecular weight is 247 g/mol. The highest BCUT2D eigenvalue weighted by Crippen LogP contribution is 2.15. The standard InChI is InChI=1S/C12H13N3O3/c1-14-11(16)10(7-13)12(17)15-8-3-5-9(18-2)6-4-8/h3-6,10H,1-2H3,(H,14,16)(H,15,17). The van der Waals surface area contributed by atoms with Crippen LogP contribution in [-0.4, -0.2) is 26.0 Å². The van der Waals surface area contributed by atoms with E-state index in [1.807, 2.05) is 0 Å². The molecule has 0 fully saturated rings. The summed E-state index contributed by atoms with van der Waals surface area (Å²) in [5, 5.41) is 13.5. The first-order valence-corrected chi connectivity index (χ1v) is 5.18. The van der Waals surface area contributed by atoms with E-state index in [0.29, 0.717) is 11.4 Å². The molecular weight excluding hydrogens is 234 g/mol. The Balaban J connectivity index is 2.74. The molecule has 1 atom stereocenters. The Morgan fingerprint density at radius 1 is 1.28 bits per heavy atom. The predicted octanol–water partition coefficient (Wildman–Crippen LogP) is 0.519. The average Bonchev–Trinajstić information content (AvgIpc) is 2.40. The second kappa shape index (κ2) is 6.25. The molecule has 0 aliphatic rings. The summed E-state index contributed by atoms with van der Waals surface area (Å²) in [5.41, 5.74) is 0.491. The summed E-state index contributed by atoms with van der Waals surface area (Å²) < 4.78 is 4.97. The molecule has 2 N–H and O–H groups in total. The molecule has 6 nitrogen and oxygen atoms in total. The van der Waals surface area contributed by atoms with Crippen molar-refractivity contribution in [2.75, 3.05) is 19.5 Å². The third-order valence-electron chi connectivity index (χ3n) is 2.26. The second-order valence-electron chi connectivity index (χ2n) is 3.39. The van der Waals surface area contributed by atoms with Crippen molar-refractivity contribution in [3.8, 4) is 11.8 Å². The predicted molar refractivity (Wildman–Crippen MR) is 64.8 cm³/mol. The van der Waals surface area contributed by atoms with E-state index in [1.54, 1.807) is 30.3 Å². The first kappa shape index (κ1) is 13.5. The van der Waals surface area contributed by atoms with Crippen molar-refractivity contribution < 1.29 is 14.3 Å². The number of ether oxygens (including phenoxy) is 1. The Hall–Kier alpha value is -2.55. The summed E-state index contributed by atoms with van der Waals surface area (Å²) in [5.74, 6) is -2.02. The number of carbonyl (C=O) groups is 2. The molecule has 1 unspecified atom stereocenters. The van der Waals surface area contributed by atoms with Crippen LogP contribution in [0.2, 0.25) is 0 Å². The van der Waals surface area contributed by atoms with E-state index >= 15 is 0 Å². The van der Waals surface area contributed by atoms with Crippen molar-refractivity contribution >= 4 is 17.5 Å². The van der Waals surface area contributed by atoms with Gasteiger partial charge >= 0.3 is 0 Å². The molecule has 1 aromatic rings. The highest BCUT2D eigenvalue weighted by molar-refractivity contribution is 6.08. The van der Waals surface area contributed by atoms with Crippen LogP contribution in [0.15, 0.2) is 24.3 Å². The minimum atomic E-state index is -1.36. The van der Waals surface area contributed by atoms with E-state index in [9.17, 15) is 9.59 Å². The third kappa shape index (κ3) is 3.22. The molecule has 0 saturated carbocycles. The van der Waals surface area contributed by atoms with Gasteiger partial charge < -0.3 is 15.4 Å². The number of benzene rings is 1. The number of nitriles is 1. The lowest BCUT2D eigenvalue weighted by atomic mass is 10.1. The van der Waals surface area contributed by atoms with Gasteiger partial charge in [-0.25, -0.2) is 0 Å². The second-order valence-corrected chi connectivity index (χ2v) is 3.39. The molecular formula is C12H13N3O3. The fourth-order valence-corrected chi connectivity index (χ4v) is 1.27. The van der Waals surface area contributed by atoms with Crippen molar-refractivity contribution in [2.45, 2.75) is 0 Å². The van der Waals surface area contributed by atoms with Crippen LogP contribution in [0.5, 0.6) is 5.75 Å². The van der Waals surface area contributed by atoms with E-state index in [4.69, 9.17) is 10.00 Å². The van der Waals surface area contributed by atoms with Gasteiger partial charge in [0.15, 0.2) is 0 Å². The molecule has 0 aliphatic heterocycles. The monoisotopic (exact) mass is 247 g/mol. The van der Waals surface area contributed by atoms with Crippen LogP contribution >= 0.6 is 0 Å². The molecule has 18 heavy (non-hydrogen) atoms. The van der Waals surface area contributed by atoms with Crippen LogP contribution < -0.4 is 15.4 Å². The number of amides is 2. The smallest absolute Gasteiger partial charge is 0.251 e. The van der Waals surface area contributed by atoms with E-state index in [-0.39, 0.29) is 0 Å². The zero-order valence-electron chi connectivity index (χ0n) is 10.1. The van der Waals surface area contributed by atoms with E-state index < -0.39 is 17.7 Å². The largest absolute Gasteiger partial charge is 0.497 e. The number of methoxy groups -OCH3 is 1. The maximum absolute atomic E-state index is 11.7. The number of rotatable bonds is 4. The number of hydrogen-bond donors (Lipinski definition) is 2. The number of anilines is 1. The number of carbonyl (C=O) groups excluding carboxylic acids is 2. The molecule has 2 amide bonds. The Bertz CT molecular complexity index is 476. The molecule has 0 bridgehead atoms. The Morgan fingerprint density at radius 2 is 1.89 bits per heavy atom. The lowest BCUT2D eigenvalue weighted by molar-refractivity contribution is -0.129. The van der Waals surface area contributed by atoms with Gasteiger partial charge in [0.25, 0.3) is 5.91 Å². The van der Waals surface area contributed by atoms with Crippen molar-refractivity contribution in [1.82, 2.24) is 5.32 Å². The van der Waals surface area contributed by atoms with Crippen LogP contribution in [0.25, 0.3) is 0 Å². The van der Waals surface area contributed by atoms with Crippen molar-refractivity contribution in [1.29, 1.82) is 5.26 Å². The fourth-order valence-electron chi connectivity index (χ4n) is 1.27. The molecule has 0 radical (unpaired) electrons. The maximum Gasteiger partial charge on any atom is 0.251 e. The van der Waals surface area contributed by atoms with Crippen LogP contribution in [0, 0.1) is 17.2 Å². The fraction of sp³-hybridized carbons (Fsp3) is 0.250. The summed E-state index contributed by atoms with van der Waals surface area (Å²) in [6.45, 7) is 0. The van der Waals surface area contributed by atoms with Gasteiger partial charge in [0.1, 0.15) is 5.75 Å². The van der Waals surface area contributed by atoms with Gasteiger partial charge in [-0.15, -0.1) is 0 Å². The summed E-state index contributed by atoms with van der Waals surface area (Å²) in [4.78, 5) is 22.9. The van der Waals surface area contributed by atoms with Crippen LogP contribution in [0.4, 0.5) is 5.69 Å². The van der Waals surface area contributed by atoms with Crippen LogP contribution in [0.1, 0.15) is 0 Å². The third-order valence-corrected chi connectivity index (χ3v) is 2.26. The van der Waals surface area contributed by atoms with Crippen LogP contribution in [0.3, 0.4) is 0 Å². The topological polar surface area (TPSA) is 91.2 Å². The van der Waals surface area contributed by atoms with Gasteiger partial charge in [-0.05, 0) is 24.3 Å². The zero-order chi connectivity index (χ0) is 13.5. The minimum absolute atomic E-state index is 0.491. The molecule has 0 aliphatic carbocycles. The van der Waals surface area contributed by atoms with Crippen molar-refractivity contribution in [3.63, 3.8) is 0 Å². The minimum Gasteiger partial charge on any atom is -0.497 e. The maximum atomic E-state index is 11.7. The van der Waals surface area contributed by atoms with Gasteiger partial charge in [0.05, 0.1) is 13.2 Å². The SMILES string of the molecule is CNC(=O)C(C#N)C(=O)Nc1ccc(OC)cc1. The lowest BCUT2D eigenvalue weighted by Crippen LogP contribution is -2.35. The van der Waals surface area contributed by atoms with Gasteiger partial charge in [-0.1, -0.05) is 0 Å². The number of nitrogens with zero attached hydrogens (tertiary/aromatic N) is 1. The number of nitrogens with one attached hydrogen (secondary N) is 2. The highest BCUT2D eigenvalue weighted by Gasteiger charge is 2.25. The van der Waals surface area contributed by atoms with Gasteiger partial charge in [0.2, 0.25) is 11.8 Å². The van der Waals surface area contributed by atoms with Gasteiger partial charge in [0, 0.05) is 12.7 Å². The quantitative estimate of drug-likeness (QED) is 0.759. The zero-order valence-corrected chi connectivity index (χ0v) is 10.1. The molecule has 94 valence electrons. The van der Waals surface area contributed by atoms with Gasteiger partial charge in [-0.3, -0.25) is 9.59 Å². The number of hydrogen-bond acceptors (Lipinski definition) is 4. The molecule has 0 heterocycles. The molecule has 6 heteroatoms. The molecule has 1 rings (SSSR count). The summed E-state index contributed by atoms with van der Waals surface area (Å²) in [7, 11) is 2.90.